The number of halogens is 2. The maximum absolute atomic E-state index is 14.6. The van der Waals surface area contributed by atoms with Crippen LogP contribution < -0.4 is 0 Å². The van der Waals surface area contributed by atoms with E-state index in [0.29, 0.717) is 17.5 Å². The molecule has 156 valence electrons. The highest BCUT2D eigenvalue weighted by Gasteiger charge is 2.34. The molecule has 1 aliphatic heterocycles. The van der Waals surface area contributed by atoms with Gasteiger partial charge in [-0.1, -0.05) is 24.6 Å². The van der Waals surface area contributed by atoms with E-state index in [2.05, 4.69) is 22.1 Å². The Hall–Kier alpha value is -2.80. The van der Waals surface area contributed by atoms with Crippen molar-refractivity contribution in [2.24, 2.45) is 5.92 Å². The molecule has 30 heavy (non-hydrogen) atoms. The summed E-state index contributed by atoms with van der Waals surface area (Å²) in [5, 5.41) is 8.66. The van der Waals surface area contributed by atoms with Gasteiger partial charge in [0.1, 0.15) is 5.69 Å². The Bertz CT molecular complexity index is 1010. The molecule has 3 aromatic rings. The number of piperidine rings is 1. The topological polar surface area (TPSA) is 63.9 Å². The van der Waals surface area contributed by atoms with E-state index in [1.54, 1.807) is 18.3 Å². The zero-order valence-corrected chi connectivity index (χ0v) is 17.5. The lowest BCUT2D eigenvalue weighted by Gasteiger charge is -2.40. The molecule has 0 saturated carbocycles. The molecular formula is C22H23ClFN5O. The van der Waals surface area contributed by atoms with E-state index in [4.69, 9.17) is 11.6 Å². The summed E-state index contributed by atoms with van der Waals surface area (Å²) in [5.74, 6) is -0.374. The summed E-state index contributed by atoms with van der Waals surface area (Å²) in [6.45, 7) is 2.81. The second kappa shape index (κ2) is 8.92. The molecule has 0 radical (unpaired) electrons. The number of carbonyl (C=O) groups excluding carboxylic acids is 1. The third-order valence-corrected chi connectivity index (χ3v) is 5.92. The highest BCUT2D eigenvalue weighted by molar-refractivity contribution is 6.30. The van der Waals surface area contributed by atoms with Crippen LogP contribution in [0.25, 0.3) is 5.69 Å². The van der Waals surface area contributed by atoms with E-state index in [1.807, 2.05) is 17.0 Å². The van der Waals surface area contributed by atoms with E-state index in [0.717, 1.165) is 31.4 Å². The van der Waals surface area contributed by atoms with Crippen molar-refractivity contribution >= 4 is 17.5 Å². The van der Waals surface area contributed by atoms with E-state index in [1.165, 1.54) is 23.3 Å². The van der Waals surface area contributed by atoms with Gasteiger partial charge in [-0.05, 0) is 55.9 Å². The number of aryl methyl sites for hydroxylation is 1. The Balaban J connectivity index is 1.60. The molecule has 1 aromatic carbocycles. The van der Waals surface area contributed by atoms with Gasteiger partial charge in [0.25, 0.3) is 5.91 Å². The van der Waals surface area contributed by atoms with Crippen LogP contribution in [0.15, 0.2) is 48.9 Å². The SMILES string of the molecule is C[C@@H]1CCCN(C(=O)c2cccc(F)c2-n2nccn2)[C@@H]1CCc1ccc(Cl)cn1. The van der Waals surface area contributed by atoms with Gasteiger partial charge in [0.2, 0.25) is 0 Å². The molecule has 0 bridgehead atoms. The molecule has 2 atom stereocenters. The maximum atomic E-state index is 14.6. The quantitative estimate of drug-likeness (QED) is 0.608. The minimum absolute atomic E-state index is 0.0467. The molecule has 0 unspecified atom stereocenters. The van der Waals surface area contributed by atoms with Crippen molar-refractivity contribution in [3.8, 4) is 5.69 Å². The molecular weight excluding hydrogens is 405 g/mol. The molecule has 0 N–H and O–H groups in total. The lowest BCUT2D eigenvalue weighted by Crippen LogP contribution is -2.48. The Morgan fingerprint density at radius 3 is 2.77 bits per heavy atom. The fourth-order valence-corrected chi connectivity index (χ4v) is 4.28. The summed E-state index contributed by atoms with van der Waals surface area (Å²) in [6, 6.07) is 8.29. The summed E-state index contributed by atoms with van der Waals surface area (Å²) >= 11 is 5.93. The Kier molecular flexibility index (Phi) is 6.08. The molecule has 3 heterocycles. The largest absolute Gasteiger partial charge is 0.335 e. The molecule has 1 amide bonds. The van der Waals surface area contributed by atoms with E-state index in [-0.39, 0.29) is 23.2 Å². The second-order valence-corrected chi connectivity index (χ2v) is 8.08. The van der Waals surface area contributed by atoms with Crippen molar-refractivity contribution in [3.05, 3.63) is 71.0 Å². The predicted molar refractivity (Wildman–Crippen MR) is 112 cm³/mol. The van der Waals surface area contributed by atoms with Crippen molar-refractivity contribution in [2.75, 3.05) is 6.54 Å². The Morgan fingerprint density at radius 2 is 2.03 bits per heavy atom. The van der Waals surface area contributed by atoms with Crippen molar-refractivity contribution in [2.45, 2.75) is 38.6 Å². The number of amides is 1. The fraction of sp³-hybridized carbons (Fsp3) is 0.364. The van der Waals surface area contributed by atoms with Crippen molar-refractivity contribution in [3.63, 3.8) is 0 Å². The molecule has 2 aromatic heterocycles. The van der Waals surface area contributed by atoms with Gasteiger partial charge in [0.05, 0.1) is 23.0 Å². The standard InChI is InChI=1S/C22H23ClFN5O/c1-15-4-3-13-28(20(15)10-9-17-8-7-16(23)14-25-17)22(30)18-5-2-6-19(24)21(18)29-26-11-12-27-29/h2,5-8,11-12,14-15,20H,3-4,9-10,13H2,1H3/t15-,20-/m1/s1. The lowest BCUT2D eigenvalue weighted by molar-refractivity contribution is 0.0498. The third kappa shape index (κ3) is 4.21. The number of likely N-dealkylation sites (tertiary alicyclic amines) is 1. The normalized spacial score (nSPS) is 19.1. The van der Waals surface area contributed by atoms with Crippen LogP contribution in [-0.2, 0) is 6.42 Å². The van der Waals surface area contributed by atoms with Crippen molar-refractivity contribution < 1.29 is 9.18 Å². The predicted octanol–water partition coefficient (Wildman–Crippen LogP) is 4.33. The first-order valence-electron chi connectivity index (χ1n) is 10.1. The highest BCUT2D eigenvalue weighted by Crippen LogP contribution is 2.30. The van der Waals surface area contributed by atoms with Crippen LogP contribution in [0.2, 0.25) is 5.02 Å². The van der Waals surface area contributed by atoms with Gasteiger partial charge in [-0.25, -0.2) is 4.39 Å². The molecule has 1 fully saturated rings. The van der Waals surface area contributed by atoms with Crippen LogP contribution in [0.1, 0.15) is 42.2 Å². The van der Waals surface area contributed by atoms with Crippen LogP contribution >= 0.6 is 11.6 Å². The number of carbonyl (C=O) groups is 1. The van der Waals surface area contributed by atoms with Crippen molar-refractivity contribution in [1.29, 1.82) is 0 Å². The van der Waals surface area contributed by atoms with Gasteiger partial charge in [-0.15, -0.1) is 4.80 Å². The van der Waals surface area contributed by atoms with Crippen LogP contribution in [0.5, 0.6) is 0 Å². The molecule has 4 rings (SSSR count). The summed E-state index contributed by atoms with van der Waals surface area (Å²) in [5.41, 5.74) is 1.30. The highest BCUT2D eigenvalue weighted by atomic mass is 35.5. The van der Waals surface area contributed by atoms with Gasteiger partial charge in [-0.2, -0.15) is 10.2 Å². The summed E-state index contributed by atoms with van der Waals surface area (Å²) in [7, 11) is 0. The molecule has 0 aliphatic carbocycles. The molecule has 1 aliphatic rings. The number of rotatable bonds is 5. The lowest BCUT2D eigenvalue weighted by atomic mass is 9.87. The Morgan fingerprint density at radius 1 is 1.23 bits per heavy atom. The average Bonchev–Trinajstić information content (AvgIpc) is 3.27. The zero-order valence-electron chi connectivity index (χ0n) is 16.7. The minimum atomic E-state index is -0.524. The van der Waals surface area contributed by atoms with Crippen LogP contribution in [0.3, 0.4) is 0 Å². The number of benzene rings is 1. The van der Waals surface area contributed by atoms with Gasteiger partial charge in [0, 0.05) is 24.5 Å². The van der Waals surface area contributed by atoms with E-state index in [9.17, 15) is 9.18 Å². The summed E-state index contributed by atoms with van der Waals surface area (Å²) < 4.78 is 14.6. The number of nitrogens with zero attached hydrogens (tertiary/aromatic N) is 5. The number of pyridine rings is 1. The number of hydrogen-bond donors (Lipinski definition) is 0. The average molecular weight is 428 g/mol. The molecule has 8 heteroatoms. The first-order valence-corrected chi connectivity index (χ1v) is 10.5. The minimum Gasteiger partial charge on any atom is -0.335 e. The molecule has 0 spiro atoms. The van der Waals surface area contributed by atoms with E-state index < -0.39 is 5.82 Å². The Labute approximate surface area is 179 Å². The second-order valence-electron chi connectivity index (χ2n) is 7.65. The van der Waals surface area contributed by atoms with Crippen LogP contribution in [-0.4, -0.2) is 43.4 Å². The van der Waals surface area contributed by atoms with Gasteiger partial charge in [-0.3, -0.25) is 9.78 Å². The third-order valence-electron chi connectivity index (χ3n) is 5.70. The summed E-state index contributed by atoms with van der Waals surface area (Å²) in [4.78, 5) is 21.0. The van der Waals surface area contributed by atoms with E-state index >= 15 is 0 Å². The van der Waals surface area contributed by atoms with Crippen LogP contribution in [0, 0.1) is 11.7 Å². The maximum Gasteiger partial charge on any atom is 0.256 e. The van der Waals surface area contributed by atoms with Gasteiger partial charge in [0.15, 0.2) is 5.82 Å². The van der Waals surface area contributed by atoms with Crippen LogP contribution in [0.4, 0.5) is 4.39 Å². The van der Waals surface area contributed by atoms with Gasteiger partial charge < -0.3 is 4.90 Å². The zero-order chi connectivity index (χ0) is 21.1. The molecule has 1 saturated heterocycles. The fourth-order valence-electron chi connectivity index (χ4n) is 4.17. The van der Waals surface area contributed by atoms with Gasteiger partial charge >= 0.3 is 0 Å². The number of aromatic nitrogens is 4. The number of hydrogen-bond acceptors (Lipinski definition) is 4. The first-order chi connectivity index (χ1) is 14.5. The smallest absolute Gasteiger partial charge is 0.256 e. The summed E-state index contributed by atoms with van der Waals surface area (Å²) in [6.07, 6.45) is 8.07. The number of para-hydroxylation sites is 1. The monoisotopic (exact) mass is 427 g/mol. The first kappa shape index (κ1) is 20.5. The van der Waals surface area contributed by atoms with Crippen molar-refractivity contribution in [1.82, 2.24) is 24.9 Å². The molecule has 6 nitrogen and oxygen atoms in total.